The Hall–Kier alpha value is -2.50. The third-order valence-corrected chi connectivity index (χ3v) is 3.57. The first kappa shape index (κ1) is 14.4. The maximum atomic E-state index is 12.7. The van der Waals surface area contributed by atoms with Crippen molar-refractivity contribution in [3.8, 4) is 5.75 Å². The fourth-order valence-corrected chi connectivity index (χ4v) is 2.46. The van der Waals surface area contributed by atoms with Crippen molar-refractivity contribution in [3.05, 3.63) is 64.7 Å². The normalized spacial score (nSPS) is 17.0. The van der Waals surface area contributed by atoms with Crippen LogP contribution in [0.2, 0.25) is 0 Å². The molecule has 0 aromatic heterocycles. The summed E-state index contributed by atoms with van der Waals surface area (Å²) in [6, 6.07) is 9.63. The summed E-state index contributed by atoms with van der Waals surface area (Å²) < 4.78 is 43.7. The van der Waals surface area contributed by atoms with Crippen LogP contribution in [0.5, 0.6) is 5.75 Å². The van der Waals surface area contributed by atoms with E-state index in [9.17, 15) is 18.0 Å². The molecule has 2 aromatic rings. The lowest BCUT2D eigenvalue weighted by atomic mass is 10.0. The van der Waals surface area contributed by atoms with Gasteiger partial charge in [-0.05, 0) is 35.4 Å². The Morgan fingerprint density at radius 1 is 1.18 bits per heavy atom. The SMILES string of the molecule is O=C(O)c1cccc(C2Cc3ccc(C(F)(F)F)cc3O2)c1. The molecule has 0 saturated heterocycles. The summed E-state index contributed by atoms with van der Waals surface area (Å²) in [4.78, 5) is 11.0. The van der Waals surface area contributed by atoms with E-state index in [-0.39, 0.29) is 11.3 Å². The van der Waals surface area contributed by atoms with Gasteiger partial charge in [0.1, 0.15) is 11.9 Å². The molecule has 6 heteroatoms. The molecule has 3 nitrogen and oxygen atoms in total. The molecule has 114 valence electrons. The number of halogens is 3. The third-order valence-electron chi connectivity index (χ3n) is 3.57. The molecule has 0 aliphatic carbocycles. The molecule has 1 heterocycles. The van der Waals surface area contributed by atoms with Gasteiger partial charge in [0.2, 0.25) is 0 Å². The molecule has 1 aliphatic heterocycles. The quantitative estimate of drug-likeness (QED) is 0.909. The Bertz CT molecular complexity index is 738. The zero-order valence-electron chi connectivity index (χ0n) is 11.2. The molecule has 1 unspecified atom stereocenters. The number of carboxylic acids is 1. The van der Waals surface area contributed by atoms with Gasteiger partial charge in [-0.1, -0.05) is 18.2 Å². The van der Waals surface area contributed by atoms with Gasteiger partial charge >= 0.3 is 12.1 Å². The van der Waals surface area contributed by atoms with Crippen LogP contribution in [0.4, 0.5) is 13.2 Å². The minimum atomic E-state index is -4.42. The van der Waals surface area contributed by atoms with E-state index in [0.29, 0.717) is 17.5 Å². The molecular formula is C16H11F3O3. The lowest BCUT2D eigenvalue weighted by Gasteiger charge is -2.12. The third kappa shape index (κ3) is 2.64. The number of fused-ring (bicyclic) bond motifs is 1. The highest BCUT2D eigenvalue weighted by atomic mass is 19.4. The van der Waals surface area contributed by atoms with Gasteiger partial charge in [0.25, 0.3) is 0 Å². The van der Waals surface area contributed by atoms with Crippen LogP contribution >= 0.6 is 0 Å². The molecule has 22 heavy (non-hydrogen) atoms. The Kier molecular flexibility index (Phi) is 3.31. The zero-order chi connectivity index (χ0) is 15.9. The van der Waals surface area contributed by atoms with Gasteiger partial charge in [0, 0.05) is 6.42 Å². The number of carboxylic acid groups (broad SMARTS) is 1. The molecule has 2 aromatic carbocycles. The molecule has 0 bridgehead atoms. The minimum Gasteiger partial charge on any atom is -0.485 e. The Morgan fingerprint density at radius 3 is 2.64 bits per heavy atom. The van der Waals surface area contributed by atoms with Crippen molar-refractivity contribution in [2.75, 3.05) is 0 Å². The molecule has 0 amide bonds. The van der Waals surface area contributed by atoms with E-state index in [2.05, 4.69) is 0 Å². The van der Waals surface area contributed by atoms with Gasteiger partial charge in [-0.25, -0.2) is 4.79 Å². The first-order valence-corrected chi connectivity index (χ1v) is 6.54. The van der Waals surface area contributed by atoms with Crippen molar-refractivity contribution in [2.24, 2.45) is 0 Å². The summed E-state index contributed by atoms with van der Waals surface area (Å²) in [5.74, 6) is -0.864. The van der Waals surface area contributed by atoms with E-state index < -0.39 is 23.8 Å². The molecule has 0 spiro atoms. The number of benzene rings is 2. The molecule has 1 N–H and O–H groups in total. The molecular weight excluding hydrogens is 297 g/mol. The largest absolute Gasteiger partial charge is 0.485 e. The number of hydrogen-bond donors (Lipinski definition) is 1. The molecule has 1 aliphatic rings. The highest BCUT2D eigenvalue weighted by Gasteiger charge is 2.33. The van der Waals surface area contributed by atoms with E-state index in [4.69, 9.17) is 9.84 Å². The fraction of sp³-hybridized carbons (Fsp3) is 0.188. The van der Waals surface area contributed by atoms with Crippen LogP contribution in [0.15, 0.2) is 42.5 Å². The summed E-state index contributed by atoms with van der Waals surface area (Å²) in [6.07, 6.45) is -4.48. The smallest absolute Gasteiger partial charge is 0.416 e. The number of carbonyl (C=O) groups is 1. The Morgan fingerprint density at radius 2 is 1.95 bits per heavy atom. The van der Waals surface area contributed by atoms with E-state index in [0.717, 1.165) is 12.1 Å². The van der Waals surface area contributed by atoms with E-state index >= 15 is 0 Å². The van der Waals surface area contributed by atoms with Crippen LogP contribution in [-0.4, -0.2) is 11.1 Å². The van der Waals surface area contributed by atoms with Crippen LogP contribution in [0.3, 0.4) is 0 Å². The lowest BCUT2D eigenvalue weighted by Crippen LogP contribution is -2.06. The van der Waals surface area contributed by atoms with Crippen LogP contribution in [0, 0.1) is 0 Å². The predicted molar refractivity (Wildman–Crippen MR) is 71.9 cm³/mol. The average molecular weight is 308 g/mol. The molecule has 3 rings (SSSR count). The highest BCUT2D eigenvalue weighted by molar-refractivity contribution is 5.87. The number of aromatic carboxylic acids is 1. The van der Waals surface area contributed by atoms with Crippen molar-refractivity contribution >= 4 is 5.97 Å². The summed E-state index contributed by atoms with van der Waals surface area (Å²) in [5, 5.41) is 8.99. The van der Waals surface area contributed by atoms with Crippen molar-refractivity contribution in [3.63, 3.8) is 0 Å². The Labute approximate surface area is 124 Å². The topological polar surface area (TPSA) is 46.5 Å². The fourth-order valence-electron chi connectivity index (χ4n) is 2.46. The van der Waals surface area contributed by atoms with Crippen LogP contribution in [-0.2, 0) is 12.6 Å². The van der Waals surface area contributed by atoms with Gasteiger partial charge < -0.3 is 9.84 Å². The highest BCUT2D eigenvalue weighted by Crippen LogP contribution is 2.40. The van der Waals surface area contributed by atoms with Gasteiger partial charge in [-0.2, -0.15) is 13.2 Å². The summed E-state index contributed by atoms with van der Waals surface area (Å²) in [6.45, 7) is 0. The van der Waals surface area contributed by atoms with Gasteiger partial charge in [0.05, 0.1) is 11.1 Å². The first-order chi connectivity index (χ1) is 10.3. The maximum Gasteiger partial charge on any atom is 0.416 e. The van der Waals surface area contributed by atoms with Gasteiger partial charge in [-0.3, -0.25) is 0 Å². The van der Waals surface area contributed by atoms with E-state index in [1.165, 1.54) is 18.2 Å². The average Bonchev–Trinajstić information content (AvgIpc) is 2.89. The second kappa shape index (κ2) is 5.05. The summed E-state index contributed by atoms with van der Waals surface area (Å²) in [5.41, 5.74) is 0.669. The Balaban J connectivity index is 1.88. The van der Waals surface area contributed by atoms with Crippen LogP contribution < -0.4 is 4.74 Å². The standard InChI is InChI=1S/C16H11F3O3/c17-16(18,19)12-5-4-10-7-13(22-14(10)8-12)9-2-1-3-11(6-9)15(20)21/h1-6,8,13H,7H2,(H,20,21). The number of hydrogen-bond acceptors (Lipinski definition) is 2. The number of alkyl halides is 3. The first-order valence-electron chi connectivity index (χ1n) is 6.54. The second-order valence-electron chi connectivity index (χ2n) is 5.06. The zero-order valence-corrected chi connectivity index (χ0v) is 11.2. The molecule has 1 atom stereocenters. The van der Waals surface area contributed by atoms with Gasteiger partial charge in [-0.15, -0.1) is 0 Å². The number of rotatable bonds is 2. The predicted octanol–water partition coefficient (Wildman–Crippen LogP) is 4.08. The summed E-state index contributed by atoms with van der Waals surface area (Å²) >= 11 is 0. The van der Waals surface area contributed by atoms with Gasteiger partial charge in [0.15, 0.2) is 0 Å². The van der Waals surface area contributed by atoms with Crippen molar-refractivity contribution in [2.45, 2.75) is 18.7 Å². The van der Waals surface area contributed by atoms with Crippen LogP contribution in [0.25, 0.3) is 0 Å². The van der Waals surface area contributed by atoms with E-state index in [1.807, 2.05) is 0 Å². The van der Waals surface area contributed by atoms with Crippen LogP contribution in [0.1, 0.15) is 33.2 Å². The number of ether oxygens (including phenoxy) is 1. The van der Waals surface area contributed by atoms with Crippen molar-refractivity contribution in [1.82, 2.24) is 0 Å². The molecule has 0 fully saturated rings. The molecule has 0 saturated carbocycles. The second-order valence-corrected chi connectivity index (χ2v) is 5.06. The molecule has 0 radical (unpaired) electrons. The lowest BCUT2D eigenvalue weighted by molar-refractivity contribution is -0.137. The summed E-state index contributed by atoms with van der Waals surface area (Å²) in [7, 11) is 0. The maximum absolute atomic E-state index is 12.7. The van der Waals surface area contributed by atoms with E-state index in [1.54, 1.807) is 12.1 Å². The monoisotopic (exact) mass is 308 g/mol. The van der Waals surface area contributed by atoms with Crippen molar-refractivity contribution in [1.29, 1.82) is 0 Å². The van der Waals surface area contributed by atoms with Crippen molar-refractivity contribution < 1.29 is 27.8 Å². The minimum absolute atomic E-state index is 0.119.